The average Bonchev–Trinajstić information content (AvgIpc) is 2.87. The van der Waals surface area contributed by atoms with Gasteiger partial charge in [-0.25, -0.2) is 4.57 Å². The number of rotatable bonds is 26. The zero-order chi connectivity index (χ0) is 25.2. The monoisotopic (exact) mass is 487 g/mol. The van der Waals surface area contributed by atoms with Crippen LogP contribution in [0.4, 0.5) is 0 Å². The Balaban J connectivity index is 2.40. The lowest BCUT2D eigenvalue weighted by Crippen LogP contribution is -2.34. The molecule has 0 unspecified atom stereocenters. The second-order valence-electron chi connectivity index (χ2n) is 11.3. The predicted molar refractivity (Wildman–Crippen MR) is 157 cm³/mol. The molecule has 0 amide bonds. The summed E-state index contributed by atoms with van der Waals surface area (Å²) in [4.78, 5) is 0. The van der Waals surface area contributed by atoms with Crippen molar-refractivity contribution in [2.45, 2.75) is 188 Å². The maximum absolute atomic E-state index is 2.53. The van der Waals surface area contributed by atoms with Crippen molar-refractivity contribution in [3.05, 3.63) is 29.6 Å². The highest BCUT2D eigenvalue weighted by Crippen LogP contribution is 2.17. The Bertz CT molecular complexity index is 564. The number of pyridine rings is 1. The van der Waals surface area contributed by atoms with Crippen molar-refractivity contribution in [3.8, 4) is 0 Å². The lowest BCUT2D eigenvalue weighted by Gasteiger charge is -2.10. The molecule has 0 aliphatic heterocycles. The molecule has 0 saturated heterocycles. The molecule has 1 aromatic heterocycles. The van der Waals surface area contributed by atoms with Crippen LogP contribution in [-0.2, 0) is 19.4 Å². The molecule has 0 saturated carbocycles. The first-order valence-corrected chi connectivity index (χ1v) is 16.3. The number of hydrogen-bond acceptors (Lipinski definition) is 0. The Kier molecular flexibility index (Phi) is 22.8. The van der Waals surface area contributed by atoms with E-state index in [1.165, 1.54) is 167 Å². The van der Waals surface area contributed by atoms with Crippen molar-refractivity contribution in [1.82, 2.24) is 0 Å². The summed E-state index contributed by atoms with van der Waals surface area (Å²) in [6, 6.07) is 2.47. The summed E-state index contributed by atoms with van der Waals surface area (Å²) in [5, 5.41) is 0. The molecule has 0 spiro atoms. The lowest BCUT2D eigenvalue weighted by molar-refractivity contribution is -0.697. The van der Waals surface area contributed by atoms with Gasteiger partial charge < -0.3 is 0 Å². The van der Waals surface area contributed by atoms with E-state index in [-0.39, 0.29) is 0 Å². The van der Waals surface area contributed by atoms with Crippen molar-refractivity contribution < 1.29 is 4.57 Å². The fourth-order valence-corrected chi connectivity index (χ4v) is 5.38. The highest BCUT2D eigenvalue weighted by atomic mass is 14.9. The lowest BCUT2D eigenvalue weighted by atomic mass is 9.97. The molecule has 204 valence electrons. The second-order valence-corrected chi connectivity index (χ2v) is 11.3. The maximum Gasteiger partial charge on any atom is 0.172 e. The number of nitrogens with zero attached hydrogens (tertiary/aromatic N) is 1. The van der Waals surface area contributed by atoms with Crippen LogP contribution in [0.15, 0.2) is 18.5 Å². The summed E-state index contributed by atoms with van der Waals surface area (Å²) in [5.74, 6) is 0. The molecule has 0 aliphatic carbocycles. The van der Waals surface area contributed by atoms with Gasteiger partial charge in [-0.05, 0) is 37.7 Å². The highest BCUT2D eigenvalue weighted by Gasteiger charge is 2.10. The molecule has 1 heteroatoms. The van der Waals surface area contributed by atoms with E-state index in [1.807, 2.05) is 0 Å². The van der Waals surface area contributed by atoms with Crippen LogP contribution in [0, 0.1) is 0 Å². The molecule has 35 heavy (non-hydrogen) atoms. The van der Waals surface area contributed by atoms with Gasteiger partial charge in [0.25, 0.3) is 0 Å². The molecule has 1 rings (SSSR count). The van der Waals surface area contributed by atoms with Gasteiger partial charge in [-0.3, -0.25) is 0 Å². The van der Waals surface area contributed by atoms with Gasteiger partial charge in [-0.2, -0.15) is 0 Å². The number of hydrogen-bond donors (Lipinski definition) is 0. The van der Waals surface area contributed by atoms with Crippen LogP contribution in [0.3, 0.4) is 0 Å². The molecule has 0 bridgehead atoms. The Morgan fingerprint density at radius 3 is 1.26 bits per heavy atom. The minimum Gasteiger partial charge on any atom is -0.205 e. The van der Waals surface area contributed by atoms with E-state index in [1.54, 1.807) is 11.1 Å². The summed E-state index contributed by atoms with van der Waals surface area (Å²) in [6.45, 7) is 8.13. The van der Waals surface area contributed by atoms with Crippen molar-refractivity contribution in [1.29, 1.82) is 0 Å². The average molecular weight is 487 g/mol. The summed E-state index contributed by atoms with van der Waals surface area (Å²) >= 11 is 0. The van der Waals surface area contributed by atoms with Crippen molar-refractivity contribution in [2.75, 3.05) is 0 Å². The van der Waals surface area contributed by atoms with E-state index in [4.69, 9.17) is 0 Å². The van der Waals surface area contributed by atoms with E-state index in [9.17, 15) is 0 Å². The zero-order valence-electron chi connectivity index (χ0n) is 24.6. The minimum atomic E-state index is 1.21. The molecule has 1 heterocycles. The Morgan fingerprint density at radius 1 is 0.429 bits per heavy atom. The SMILES string of the molecule is CCCCCCCCCCC[n+]1ccc(CCCCCCCCC)c(CCCCCCCCC)c1. The van der Waals surface area contributed by atoms with Crippen LogP contribution in [0.1, 0.15) is 180 Å². The summed E-state index contributed by atoms with van der Waals surface area (Å²) in [7, 11) is 0. The summed E-state index contributed by atoms with van der Waals surface area (Å²) < 4.78 is 2.51. The van der Waals surface area contributed by atoms with Crippen molar-refractivity contribution in [2.24, 2.45) is 0 Å². The fraction of sp³-hybridized carbons (Fsp3) is 0.853. The molecule has 0 N–H and O–H groups in total. The van der Waals surface area contributed by atoms with E-state index in [0.717, 1.165) is 0 Å². The normalized spacial score (nSPS) is 11.4. The predicted octanol–water partition coefficient (Wildman–Crippen LogP) is 11.1. The first-order valence-electron chi connectivity index (χ1n) is 16.3. The molecular weight excluding hydrogens is 422 g/mol. The minimum absolute atomic E-state index is 1.21. The molecule has 0 atom stereocenters. The molecule has 0 aliphatic rings. The molecular formula is C34H64N+. The Hall–Kier alpha value is -0.850. The number of aryl methyl sites for hydroxylation is 3. The molecule has 0 aromatic carbocycles. The Morgan fingerprint density at radius 2 is 0.800 bits per heavy atom. The van der Waals surface area contributed by atoms with E-state index >= 15 is 0 Å². The van der Waals surface area contributed by atoms with Crippen LogP contribution in [0.25, 0.3) is 0 Å². The second kappa shape index (κ2) is 24.8. The summed E-state index contributed by atoms with van der Waals surface area (Å²) in [5.41, 5.74) is 3.30. The van der Waals surface area contributed by atoms with E-state index in [0.29, 0.717) is 0 Å². The molecule has 1 nitrogen and oxygen atoms in total. The number of unbranched alkanes of at least 4 members (excludes halogenated alkanes) is 20. The van der Waals surface area contributed by atoms with Gasteiger partial charge in [0.05, 0.1) is 0 Å². The van der Waals surface area contributed by atoms with Gasteiger partial charge in [-0.15, -0.1) is 0 Å². The third kappa shape index (κ3) is 19.0. The van der Waals surface area contributed by atoms with Crippen molar-refractivity contribution >= 4 is 0 Å². The zero-order valence-corrected chi connectivity index (χ0v) is 24.6. The van der Waals surface area contributed by atoms with E-state index in [2.05, 4.69) is 43.8 Å². The van der Waals surface area contributed by atoms with Crippen LogP contribution < -0.4 is 4.57 Å². The van der Waals surface area contributed by atoms with Gasteiger partial charge in [0.2, 0.25) is 0 Å². The highest BCUT2D eigenvalue weighted by molar-refractivity contribution is 5.21. The number of aromatic nitrogens is 1. The third-order valence-corrected chi connectivity index (χ3v) is 7.82. The molecule has 0 radical (unpaired) electrons. The van der Waals surface area contributed by atoms with Crippen LogP contribution in [-0.4, -0.2) is 0 Å². The first kappa shape index (κ1) is 32.2. The van der Waals surface area contributed by atoms with Gasteiger partial charge in [0.1, 0.15) is 6.54 Å². The standard InChI is InChI=1S/C34H64N/c1-4-7-10-13-16-17-20-23-26-30-35-31-29-33(27-24-21-18-14-11-8-5-2)34(32-35)28-25-22-19-15-12-9-6-3/h29,31-32H,4-28,30H2,1-3H3/q+1. The third-order valence-electron chi connectivity index (χ3n) is 7.82. The van der Waals surface area contributed by atoms with Gasteiger partial charge in [0.15, 0.2) is 12.4 Å². The smallest absolute Gasteiger partial charge is 0.172 e. The van der Waals surface area contributed by atoms with Crippen LogP contribution >= 0.6 is 0 Å². The van der Waals surface area contributed by atoms with Gasteiger partial charge in [-0.1, -0.05) is 143 Å². The quantitative estimate of drug-likeness (QED) is 0.0905. The van der Waals surface area contributed by atoms with Crippen molar-refractivity contribution in [3.63, 3.8) is 0 Å². The van der Waals surface area contributed by atoms with Crippen LogP contribution in [0.5, 0.6) is 0 Å². The van der Waals surface area contributed by atoms with E-state index < -0.39 is 0 Å². The molecule has 0 fully saturated rings. The Labute approximate surface area is 221 Å². The van der Waals surface area contributed by atoms with Gasteiger partial charge >= 0.3 is 0 Å². The largest absolute Gasteiger partial charge is 0.205 e. The first-order chi connectivity index (χ1) is 17.3. The topological polar surface area (TPSA) is 3.88 Å². The molecule has 1 aromatic rings. The maximum atomic E-state index is 2.53. The van der Waals surface area contributed by atoms with Gasteiger partial charge in [0, 0.05) is 18.1 Å². The summed E-state index contributed by atoms with van der Waals surface area (Å²) in [6.07, 6.45) is 39.9. The van der Waals surface area contributed by atoms with Crippen LogP contribution in [0.2, 0.25) is 0 Å². The fourth-order valence-electron chi connectivity index (χ4n) is 5.38.